The summed E-state index contributed by atoms with van der Waals surface area (Å²) in [7, 11) is 5.94. The molecule has 318 valence electrons. The minimum Gasteiger partial charge on any atom is -0.477 e. The molecule has 1 N–H and O–H groups in total. The van der Waals surface area contributed by atoms with Gasteiger partial charge in [0.25, 0.3) is 6.29 Å². The highest BCUT2D eigenvalue weighted by molar-refractivity contribution is 5.71. The molecule has 2 unspecified atom stereocenters. The molecule has 0 aromatic heterocycles. The van der Waals surface area contributed by atoms with Gasteiger partial charge in [-0.25, -0.2) is 4.79 Å². The molecule has 0 saturated carbocycles. The fourth-order valence-electron chi connectivity index (χ4n) is 5.71. The summed E-state index contributed by atoms with van der Waals surface area (Å²) in [5, 5.41) is 9.59. The van der Waals surface area contributed by atoms with Gasteiger partial charge in [-0.3, -0.25) is 9.59 Å². The van der Waals surface area contributed by atoms with E-state index < -0.39 is 24.3 Å². The summed E-state index contributed by atoms with van der Waals surface area (Å²) in [6, 6.07) is 0. The van der Waals surface area contributed by atoms with E-state index in [9.17, 15) is 19.5 Å². The van der Waals surface area contributed by atoms with Crippen LogP contribution >= 0.6 is 0 Å². The number of unbranched alkanes of at least 4 members (excludes halogenated alkanes) is 16. The first-order valence-electron chi connectivity index (χ1n) is 21.8. The van der Waals surface area contributed by atoms with Gasteiger partial charge in [0.15, 0.2) is 6.10 Å². The second-order valence-corrected chi connectivity index (χ2v) is 15.6. The van der Waals surface area contributed by atoms with E-state index in [0.717, 1.165) is 70.6 Å². The molecule has 0 heterocycles. The first-order chi connectivity index (χ1) is 26.6. The van der Waals surface area contributed by atoms with Crippen molar-refractivity contribution in [1.82, 2.24) is 0 Å². The Morgan fingerprint density at radius 2 is 1.04 bits per heavy atom. The van der Waals surface area contributed by atoms with Crippen molar-refractivity contribution in [3.63, 3.8) is 0 Å². The van der Waals surface area contributed by atoms with Gasteiger partial charge in [-0.2, -0.15) is 0 Å². The van der Waals surface area contributed by atoms with Crippen molar-refractivity contribution in [2.45, 2.75) is 180 Å². The molecule has 0 rings (SSSR count). The number of ether oxygens (including phenoxy) is 4. The standard InChI is InChI=1S/C46H81NO8/c1-6-8-10-12-14-15-16-17-18-19-20-21-22-23-24-25-26-27-28-29-31-33-35-37-44(49)55-42(40-53-43(48)36-34-32-30-13-11-9-7-2)41-54-46(45(50)51)52-39-38-47(3,4)5/h8,10,14-15,17-18,20-21,42,46H,6-7,9,11-13,16,19,22-41H2,1-5H3/p+1/b10-8-,15-14-,18-17-,21-20-. The number of aliphatic carboxylic acids is 1. The maximum Gasteiger partial charge on any atom is 0.361 e. The molecule has 0 saturated heterocycles. The Hall–Kier alpha value is -2.75. The molecule has 0 bridgehead atoms. The molecule has 2 atom stereocenters. The smallest absolute Gasteiger partial charge is 0.361 e. The van der Waals surface area contributed by atoms with E-state index in [-0.39, 0.29) is 32.2 Å². The van der Waals surface area contributed by atoms with Gasteiger partial charge in [0.2, 0.25) is 0 Å². The van der Waals surface area contributed by atoms with Crippen LogP contribution in [0.4, 0.5) is 0 Å². The van der Waals surface area contributed by atoms with E-state index in [2.05, 4.69) is 62.5 Å². The summed E-state index contributed by atoms with van der Waals surface area (Å²) in [5.41, 5.74) is 0. The van der Waals surface area contributed by atoms with Gasteiger partial charge in [-0.1, -0.05) is 152 Å². The summed E-state index contributed by atoms with van der Waals surface area (Å²) in [5.74, 6) is -2.02. The lowest BCUT2D eigenvalue weighted by Gasteiger charge is -2.25. The predicted molar refractivity (Wildman–Crippen MR) is 226 cm³/mol. The Balaban J connectivity index is 4.28. The molecule has 0 radical (unpaired) electrons. The van der Waals surface area contributed by atoms with Crippen LogP contribution in [0.5, 0.6) is 0 Å². The Labute approximate surface area is 336 Å². The summed E-state index contributed by atoms with van der Waals surface area (Å²) in [6.07, 6.45) is 40.5. The molecule has 9 nitrogen and oxygen atoms in total. The maximum absolute atomic E-state index is 12.7. The maximum atomic E-state index is 12.7. The monoisotopic (exact) mass is 777 g/mol. The van der Waals surface area contributed by atoms with Crippen molar-refractivity contribution >= 4 is 17.9 Å². The third-order valence-electron chi connectivity index (χ3n) is 9.10. The Kier molecular flexibility index (Phi) is 36.2. The van der Waals surface area contributed by atoms with Gasteiger partial charge >= 0.3 is 17.9 Å². The number of hydrogen-bond donors (Lipinski definition) is 1. The number of hydrogen-bond acceptors (Lipinski definition) is 7. The van der Waals surface area contributed by atoms with Crippen LogP contribution in [-0.4, -0.2) is 87.4 Å². The lowest BCUT2D eigenvalue weighted by Crippen LogP contribution is -2.40. The van der Waals surface area contributed by atoms with Crippen LogP contribution in [0, 0.1) is 0 Å². The zero-order valence-electron chi connectivity index (χ0n) is 35.8. The number of nitrogens with zero attached hydrogens (tertiary/aromatic N) is 1. The number of carboxylic acid groups (broad SMARTS) is 1. The van der Waals surface area contributed by atoms with Gasteiger partial charge in [0.1, 0.15) is 13.2 Å². The van der Waals surface area contributed by atoms with Gasteiger partial charge in [-0.15, -0.1) is 0 Å². The normalized spacial score (nSPS) is 13.4. The molecular formula is C46H82NO8+. The molecule has 0 amide bonds. The topological polar surface area (TPSA) is 108 Å². The Bertz CT molecular complexity index is 1050. The molecule has 0 aromatic carbocycles. The van der Waals surface area contributed by atoms with Gasteiger partial charge in [-0.05, 0) is 51.4 Å². The van der Waals surface area contributed by atoms with Crippen LogP contribution in [0.25, 0.3) is 0 Å². The van der Waals surface area contributed by atoms with Crippen molar-refractivity contribution in [2.24, 2.45) is 0 Å². The van der Waals surface area contributed by atoms with Crippen LogP contribution in [-0.2, 0) is 33.3 Å². The average Bonchev–Trinajstić information content (AvgIpc) is 3.14. The van der Waals surface area contributed by atoms with Crippen LogP contribution in [0.3, 0.4) is 0 Å². The third-order valence-corrected chi connectivity index (χ3v) is 9.10. The third kappa shape index (κ3) is 39.3. The quantitative estimate of drug-likeness (QED) is 0.0216. The molecule has 0 aromatic rings. The molecule has 0 aliphatic rings. The van der Waals surface area contributed by atoms with Crippen molar-refractivity contribution < 1.29 is 42.9 Å². The van der Waals surface area contributed by atoms with Gasteiger partial charge in [0.05, 0.1) is 34.4 Å². The molecular weight excluding hydrogens is 695 g/mol. The second kappa shape index (κ2) is 38.1. The van der Waals surface area contributed by atoms with E-state index in [4.69, 9.17) is 18.9 Å². The van der Waals surface area contributed by atoms with Gasteiger partial charge < -0.3 is 28.5 Å². The van der Waals surface area contributed by atoms with Crippen LogP contribution in [0.15, 0.2) is 48.6 Å². The predicted octanol–water partition coefficient (Wildman–Crippen LogP) is 11.2. The highest BCUT2D eigenvalue weighted by Gasteiger charge is 2.25. The molecule has 0 aliphatic carbocycles. The number of allylic oxidation sites excluding steroid dienone is 8. The fraction of sp³-hybridized carbons (Fsp3) is 0.761. The van der Waals surface area contributed by atoms with Crippen LogP contribution in [0.2, 0.25) is 0 Å². The molecule has 55 heavy (non-hydrogen) atoms. The van der Waals surface area contributed by atoms with Crippen molar-refractivity contribution in [3.8, 4) is 0 Å². The number of likely N-dealkylation sites (N-methyl/N-ethyl adjacent to an activating group) is 1. The van der Waals surface area contributed by atoms with E-state index >= 15 is 0 Å². The fourth-order valence-corrected chi connectivity index (χ4v) is 5.71. The van der Waals surface area contributed by atoms with Gasteiger partial charge in [0, 0.05) is 12.8 Å². The molecule has 9 heteroatoms. The summed E-state index contributed by atoms with van der Waals surface area (Å²) in [4.78, 5) is 36.9. The molecule has 0 spiro atoms. The van der Waals surface area contributed by atoms with Crippen molar-refractivity contribution in [2.75, 3.05) is 47.5 Å². The summed E-state index contributed by atoms with van der Waals surface area (Å²) in [6.45, 7) is 4.69. The van der Waals surface area contributed by atoms with Crippen LogP contribution < -0.4 is 0 Å². The number of carboxylic acids is 1. The first kappa shape index (κ1) is 52.2. The zero-order valence-corrected chi connectivity index (χ0v) is 35.8. The number of quaternary nitrogens is 1. The summed E-state index contributed by atoms with van der Waals surface area (Å²) >= 11 is 0. The Morgan fingerprint density at radius 1 is 0.564 bits per heavy atom. The summed E-state index contributed by atoms with van der Waals surface area (Å²) < 4.78 is 22.6. The minimum absolute atomic E-state index is 0.184. The number of rotatable bonds is 39. The average molecular weight is 777 g/mol. The molecule has 0 fully saturated rings. The van der Waals surface area contributed by atoms with Crippen molar-refractivity contribution in [1.29, 1.82) is 0 Å². The lowest BCUT2D eigenvalue weighted by atomic mass is 10.0. The van der Waals surface area contributed by atoms with E-state index in [0.29, 0.717) is 23.9 Å². The van der Waals surface area contributed by atoms with E-state index in [1.807, 2.05) is 21.1 Å². The number of carbonyl (C=O) groups excluding carboxylic acids is 2. The second-order valence-electron chi connectivity index (χ2n) is 15.6. The highest BCUT2D eigenvalue weighted by atomic mass is 16.7. The zero-order chi connectivity index (χ0) is 40.7. The lowest BCUT2D eigenvalue weighted by molar-refractivity contribution is -0.870. The highest BCUT2D eigenvalue weighted by Crippen LogP contribution is 2.14. The van der Waals surface area contributed by atoms with E-state index in [1.54, 1.807) is 0 Å². The largest absolute Gasteiger partial charge is 0.477 e. The van der Waals surface area contributed by atoms with Crippen molar-refractivity contribution in [3.05, 3.63) is 48.6 Å². The minimum atomic E-state index is -1.51. The molecule has 0 aliphatic heterocycles. The van der Waals surface area contributed by atoms with E-state index in [1.165, 1.54) is 64.2 Å². The first-order valence-corrected chi connectivity index (χ1v) is 21.8. The van der Waals surface area contributed by atoms with Crippen LogP contribution in [0.1, 0.15) is 168 Å². The number of carbonyl (C=O) groups is 3. The Morgan fingerprint density at radius 3 is 1.55 bits per heavy atom. The SMILES string of the molecule is CC/C=C\C/C=C\C/C=C\C/C=C\CCCCCCCCCCCCC(=O)OC(COC(=O)CCCCCCCCC)COC(OCC[N+](C)(C)C)C(=O)O. The number of esters is 2.